The van der Waals surface area contributed by atoms with Gasteiger partial charge in [-0.15, -0.1) is 0 Å². The van der Waals surface area contributed by atoms with Gasteiger partial charge in [0.15, 0.2) is 5.11 Å². The molecule has 2 unspecified atom stereocenters. The summed E-state index contributed by atoms with van der Waals surface area (Å²) in [4.78, 5) is 18.2. The molecule has 2 aromatic heterocycles. The normalized spacial score (nSPS) is 17.3. The molecule has 35 heavy (non-hydrogen) atoms. The van der Waals surface area contributed by atoms with Gasteiger partial charge in [0.2, 0.25) is 0 Å². The van der Waals surface area contributed by atoms with Crippen LogP contribution in [0, 0.1) is 0 Å². The van der Waals surface area contributed by atoms with Crippen LogP contribution < -0.4 is 15.0 Å². The number of hydrogen-bond donors (Lipinski definition) is 2. The van der Waals surface area contributed by atoms with Crippen LogP contribution in [0.4, 0.5) is 5.69 Å². The number of anilines is 1. The van der Waals surface area contributed by atoms with Gasteiger partial charge in [-0.2, -0.15) is 0 Å². The minimum atomic E-state index is -0.981. The molecule has 0 amide bonds. The third-order valence-electron chi connectivity index (χ3n) is 5.97. The lowest BCUT2D eigenvalue weighted by atomic mass is 10.0. The summed E-state index contributed by atoms with van der Waals surface area (Å²) in [5, 5.41) is 13.9. The minimum Gasteiger partial charge on any atom is -0.495 e. The van der Waals surface area contributed by atoms with E-state index >= 15 is 0 Å². The van der Waals surface area contributed by atoms with Crippen molar-refractivity contribution >= 4 is 40.6 Å². The van der Waals surface area contributed by atoms with Gasteiger partial charge in [0, 0.05) is 29.5 Å². The third-order valence-corrected chi connectivity index (χ3v) is 6.58. The largest absolute Gasteiger partial charge is 0.495 e. The monoisotopic (exact) mass is 504 g/mol. The molecule has 0 radical (unpaired) electrons. The van der Waals surface area contributed by atoms with E-state index in [9.17, 15) is 9.90 Å². The Hall–Kier alpha value is -3.88. The van der Waals surface area contributed by atoms with Crippen molar-refractivity contribution in [3.05, 3.63) is 107 Å². The fourth-order valence-electron chi connectivity index (χ4n) is 4.40. The van der Waals surface area contributed by atoms with Crippen LogP contribution in [0.5, 0.6) is 5.75 Å². The highest BCUT2D eigenvalue weighted by molar-refractivity contribution is 7.80. The first-order valence-electron chi connectivity index (χ1n) is 10.8. The summed E-state index contributed by atoms with van der Waals surface area (Å²) in [5.74, 6) is -0.412. The lowest BCUT2D eigenvalue weighted by Gasteiger charge is -2.29. The summed E-state index contributed by atoms with van der Waals surface area (Å²) in [5.41, 5.74) is 3.47. The summed E-state index contributed by atoms with van der Waals surface area (Å²) >= 11 is 12.3. The van der Waals surface area contributed by atoms with E-state index in [0.717, 1.165) is 22.8 Å². The van der Waals surface area contributed by atoms with Crippen LogP contribution in [0.25, 0.3) is 5.69 Å². The van der Waals surface area contributed by atoms with Crippen LogP contribution in [-0.4, -0.2) is 32.8 Å². The highest BCUT2D eigenvalue weighted by Gasteiger charge is 2.42. The fourth-order valence-corrected chi connectivity index (χ4v) is 5.00. The number of carboxylic acid groups (broad SMARTS) is 1. The second-order valence-electron chi connectivity index (χ2n) is 7.97. The van der Waals surface area contributed by atoms with Crippen LogP contribution in [0.2, 0.25) is 5.02 Å². The molecule has 7 nitrogen and oxygen atoms in total. The number of thiocarbonyl (C=S) groups is 1. The van der Waals surface area contributed by atoms with Gasteiger partial charge in [-0.3, -0.25) is 4.98 Å². The molecule has 3 heterocycles. The molecule has 9 heteroatoms. The Labute approximate surface area is 212 Å². The Bertz CT molecular complexity index is 1410. The van der Waals surface area contributed by atoms with Gasteiger partial charge >= 0.3 is 5.97 Å². The molecule has 1 aliphatic rings. The molecule has 1 fully saturated rings. The van der Waals surface area contributed by atoms with E-state index in [4.69, 9.17) is 28.6 Å². The van der Waals surface area contributed by atoms with Crippen molar-refractivity contribution in [3.63, 3.8) is 0 Å². The van der Waals surface area contributed by atoms with Gasteiger partial charge in [-0.05, 0) is 72.9 Å². The van der Waals surface area contributed by atoms with E-state index in [2.05, 4.69) is 10.3 Å². The molecule has 1 saturated heterocycles. The van der Waals surface area contributed by atoms with Crippen LogP contribution in [0.3, 0.4) is 0 Å². The predicted molar refractivity (Wildman–Crippen MR) is 139 cm³/mol. The number of methoxy groups -OCH3 is 1. The number of ether oxygens (including phenoxy) is 1. The topological polar surface area (TPSA) is 79.6 Å². The first-order chi connectivity index (χ1) is 17.0. The van der Waals surface area contributed by atoms with Gasteiger partial charge in [-0.25, -0.2) is 4.79 Å². The second kappa shape index (κ2) is 9.40. The van der Waals surface area contributed by atoms with Crippen molar-refractivity contribution in [2.45, 2.75) is 12.1 Å². The number of benzene rings is 2. The Morgan fingerprint density at radius 1 is 1.09 bits per heavy atom. The number of halogens is 1. The number of nitrogens with zero attached hydrogens (tertiary/aromatic N) is 3. The lowest BCUT2D eigenvalue weighted by molar-refractivity contribution is 0.0697. The molecule has 176 valence electrons. The SMILES string of the molecule is COc1ccc(N2C(=S)NC(c3ccccn3)C2c2cccn2-c2cccc(C(=O)O)c2)cc1Cl. The van der Waals surface area contributed by atoms with Crippen LogP contribution >= 0.6 is 23.8 Å². The van der Waals surface area contributed by atoms with Crippen molar-refractivity contribution in [3.8, 4) is 11.4 Å². The van der Waals surface area contributed by atoms with Crippen molar-refractivity contribution in [1.29, 1.82) is 0 Å². The van der Waals surface area contributed by atoms with E-state index in [-0.39, 0.29) is 17.6 Å². The lowest BCUT2D eigenvalue weighted by Crippen LogP contribution is -2.30. The molecule has 0 bridgehead atoms. The Kier molecular flexibility index (Phi) is 6.15. The third kappa shape index (κ3) is 4.22. The van der Waals surface area contributed by atoms with Gasteiger partial charge in [0.05, 0.1) is 29.4 Å². The highest BCUT2D eigenvalue weighted by atomic mass is 35.5. The molecule has 1 aliphatic heterocycles. The number of aromatic nitrogens is 2. The molecule has 5 rings (SSSR count). The summed E-state index contributed by atoms with van der Waals surface area (Å²) in [6.45, 7) is 0. The molecular weight excluding hydrogens is 484 g/mol. The molecular formula is C26H21ClN4O3S. The Morgan fingerprint density at radius 3 is 2.66 bits per heavy atom. The first kappa shape index (κ1) is 22.9. The highest BCUT2D eigenvalue weighted by Crippen LogP contribution is 2.43. The zero-order valence-corrected chi connectivity index (χ0v) is 20.2. The number of hydrogen-bond acceptors (Lipinski definition) is 4. The van der Waals surface area contributed by atoms with Gasteiger partial charge in [0.1, 0.15) is 11.8 Å². The molecule has 4 aromatic rings. The average molecular weight is 505 g/mol. The Balaban J connectivity index is 1.67. The molecule has 2 N–H and O–H groups in total. The average Bonchev–Trinajstić information content (AvgIpc) is 3.49. The number of aromatic carboxylic acids is 1. The van der Waals surface area contributed by atoms with Crippen molar-refractivity contribution in [1.82, 2.24) is 14.9 Å². The fraction of sp³-hybridized carbons (Fsp3) is 0.115. The number of rotatable bonds is 6. The number of pyridine rings is 1. The van der Waals surface area contributed by atoms with Crippen molar-refractivity contribution in [2.75, 3.05) is 12.0 Å². The van der Waals surface area contributed by atoms with E-state index in [0.29, 0.717) is 15.9 Å². The van der Waals surface area contributed by atoms with Gasteiger partial charge in [0.25, 0.3) is 0 Å². The standard InChI is InChI=1S/C26H21ClN4O3S/c1-34-22-11-10-18(15-19(22)27)31-24(23(29-26(31)35)20-8-2-3-12-28-20)21-9-5-13-30(21)17-7-4-6-16(14-17)25(32)33/h2-15,23-24H,1H3,(H,29,35)(H,32,33). The summed E-state index contributed by atoms with van der Waals surface area (Å²) in [6, 6.07) is 21.5. The maximum atomic E-state index is 11.6. The first-order valence-corrected chi connectivity index (χ1v) is 11.6. The number of carboxylic acids is 1. The second-order valence-corrected chi connectivity index (χ2v) is 8.77. The summed E-state index contributed by atoms with van der Waals surface area (Å²) < 4.78 is 7.30. The van der Waals surface area contributed by atoms with Crippen molar-refractivity contribution < 1.29 is 14.6 Å². The molecule has 2 atom stereocenters. The molecule has 2 aromatic carbocycles. The molecule has 0 spiro atoms. The van der Waals surface area contributed by atoms with E-state index in [1.165, 1.54) is 0 Å². The minimum absolute atomic E-state index is 0.210. The van der Waals surface area contributed by atoms with E-state index in [1.807, 2.05) is 64.2 Å². The maximum absolute atomic E-state index is 11.6. The number of carbonyl (C=O) groups is 1. The van der Waals surface area contributed by atoms with E-state index in [1.54, 1.807) is 37.6 Å². The van der Waals surface area contributed by atoms with E-state index < -0.39 is 5.97 Å². The summed E-state index contributed by atoms with van der Waals surface area (Å²) in [7, 11) is 1.57. The smallest absolute Gasteiger partial charge is 0.335 e. The zero-order chi connectivity index (χ0) is 24.5. The molecule has 0 aliphatic carbocycles. The quantitative estimate of drug-likeness (QED) is 0.340. The maximum Gasteiger partial charge on any atom is 0.335 e. The molecule has 0 saturated carbocycles. The zero-order valence-electron chi connectivity index (χ0n) is 18.6. The van der Waals surface area contributed by atoms with Gasteiger partial charge in [-0.1, -0.05) is 23.7 Å². The number of nitrogens with one attached hydrogen (secondary N) is 1. The van der Waals surface area contributed by atoms with Gasteiger partial charge < -0.3 is 24.6 Å². The summed E-state index contributed by atoms with van der Waals surface area (Å²) in [6.07, 6.45) is 3.66. The van der Waals surface area contributed by atoms with Crippen LogP contribution in [0.15, 0.2) is 85.2 Å². The Morgan fingerprint density at radius 2 is 1.94 bits per heavy atom. The predicted octanol–water partition coefficient (Wildman–Crippen LogP) is 5.41. The van der Waals surface area contributed by atoms with Crippen molar-refractivity contribution in [2.24, 2.45) is 0 Å². The van der Waals surface area contributed by atoms with Crippen LogP contribution in [-0.2, 0) is 0 Å². The van der Waals surface area contributed by atoms with Crippen LogP contribution in [0.1, 0.15) is 33.8 Å².